The van der Waals surface area contributed by atoms with Crippen molar-refractivity contribution in [3.05, 3.63) is 36.4 Å². The molecule has 1 saturated heterocycles. The number of fused-ring (bicyclic) bond motifs is 3. The number of hydrogen-bond acceptors (Lipinski definition) is 5. The highest BCUT2D eigenvalue weighted by Gasteiger charge is 2.20. The van der Waals surface area contributed by atoms with Crippen molar-refractivity contribution in [2.24, 2.45) is 0 Å². The van der Waals surface area contributed by atoms with Crippen molar-refractivity contribution in [2.75, 3.05) is 38.7 Å². The van der Waals surface area contributed by atoms with Crippen molar-refractivity contribution >= 4 is 33.5 Å². The van der Waals surface area contributed by atoms with Crippen molar-refractivity contribution < 1.29 is 18.7 Å². The molecular weight excluding hydrogens is 332 g/mol. The Kier molecular flexibility index (Phi) is 4.53. The number of methoxy groups -OCH3 is 1. The van der Waals surface area contributed by atoms with Crippen LogP contribution >= 0.6 is 0 Å². The molecule has 3 aromatic rings. The number of anilines is 1. The quantitative estimate of drug-likeness (QED) is 0.779. The maximum atomic E-state index is 12.5. The van der Waals surface area contributed by atoms with Gasteiger partial charge in [-0.05, 0) is 19.1 Å². The lowest BCUT2D eigenvalue weighted by Crippen LogP contribution is -2.44. The molecule has 1 aliphatic heterocycles. The van der Waals surface area contributed by atoms with E-state index in [-0.39, 0.29) is 12.0 Å². The zero-order valence-corrected chi connectivity index (χ0v) is 15.0. The van der Waals surface area contributed by atoms with E-state index < -0.39 is 0 Å². The Bertz CT molecular complexity index is 950. The summed E-state index contributed by atoms with van der Waals surface area (Å²) in [7, 11) is 1.60. The van der Waals surface area contributed by atoms with Crippen LogP contribution in [0.4, 0.5) is 5.69 Å². The molecule has 0 saturated carbocycles. The molecule has 2 aromatic carbocycles. The van der Waals surface area contributed by atoms with Gasteiger partial charge in [0, 0.05) is 29.9 Å². The van der Waals surface area contributed by atoms with Crippen LogP contribution in [0.3, 0.4) is 0 Å². The van der Waals surface area contributed by atoms with Crippen LogP contribution in [0, 0.1) is 0 Å². The van der Waals surface area contributed by atoms with Crippen molar-refractivity contribution in [3.63, 3.8) is 0 Å². The summed E-state index contributed by atoms with van der Waals surface area (Å²) in [6.45, 7) is 4.52. The van der Waals surface area contributed by atoms with E-state index in [9.17, 15) is 4.79 Å². The van der Waals surface area contributed by atoms with E-state index in [0.717, 1.165) is 35.0 Å². The Hall–Kier alpha value is -2.57. The minimum atomic E-state index is -0.0761. The fourth-order valence-corrected chi connectivity index (χ4v) is 3.45. The van der Waals surface area contributed by atoms with Gasteiger partial charge in [0.25, 0.3) is 0 Å². The fraction of sp³-hybridized carbons (Fsp3) is 0.350. The van der Waals surface area contributed by atoms with Crippen LogP contribution in [0.5, 0.6) is 5.75 Å². The first kappa shape index (κ1) is 16.9. The smallest absolute Gasteiger partial charge is 0.238 e. The van der Waals surface area contributed by atoms with Gasteiger partial charge in [0.15, 0.2) is 0 Å². The summed E-state index contributed by atoms with van der Waals surface area (Å²) in [5.41, 5.74) is 2.16. The van der Waals surface area contributed by atoms with Crippen LogP contribution in [0.2, 0.25) is 0 Å². The monoisotopic (exact) mass is 354 g/mol. The Morgan fingerprint density at radius 3 is 2.92 bits per heavy atom. The van der Waals surface area contributed by atoms with Gasteiger partial charge in [-0.2, -0.15) is 0 Å². The Labute approximate surface area is 151 Å². The van der Waals surface area contributed by atoms with E-state index in [2.05, 4.69) is 10.2 Å². The van der Waals surface area contributed by atoms with Crippen LogP contribution in [-0.2, 0) is 9.53 Å². The Morgan fingerprint density at radius 1 is 1.27 bits per heavy atom. The first-order valence-electron chi connectivity index (χ1n) is 8.77. The number of nitrogens with one attached hydrogen (secondary N) is 1. The summed E-state index contributed by atoms with van der Waals surface area (Å²) >= 11 is 0. The molecule has 0 radical (unpaired) electrons. The molecule has 136 valence electrons. The molecular formula is C20H22N2O4. The van der Waals surface area contributed by atoms with Gasteiger partial charge in [-0.15, -0.1) is 0 Å². The second-order valence-electron chi connectivity index (χ2n) is 6.61. The third-order valence-corrected chi connectivity index (χ3v) is 4.67. The van der Waals surface area contributed by atoms with Crippen molar-refractivity contribution in [2.45, 2.75) is 13.0 Å². The second kappa shape index (κ2) is 6.97. The van der Waals surface area contributed by atoms with Crippen LogP contribution < -0.4 is 10.1 Å². The van der Waals surface area contributed by atoms with E-state index in [4.69, 9.17) is 13.9 Å². The van der Waals surface area contributed by atoms with Gasteiger partial charge in [-0.3, -0.25) is 9.69 Å². The highest BCUT2D eigenvalue weighted by molar-refractivity contribution is 6.07. The number of ether oxygens (including phenoxy) is 2. The zero-order valence-electron chi connectivity index (χ0n) is 15.0. The van der Waals surface area contributed by atoms with Crippen LogP contribution in [0.1, 0.15) is 6.92 Å². The summed E-state index contributed by atoms with van der Waals surface area (Å²) < 4.78 is 16.9. The molecule has 6 nitrogen and oxygen atoms in total. The molecule has 1 fully saturated rings. The van der Waals surface area contributed by atoms with E-state index in [1.807, 2.05) is 43.3 Å². The van der Waals surface area contributed by atoms with Gasteiger partial charge in [-0.1, -0.05) is 18.2 Å². The number of benzene rings is 2. The van der Waals surface area contributed by atoms with Crippen molar-refractivity contribution in [1.82, 2.24) is 4.90 Å². The number of furan rings is 1. The number of rotatable bonds is 4. The molecule has 1 aliphatic rings. The predicted molar refractivity (Wildman–Crippen MR) is 101 cm³/mol. The van der Waals surface area contributed by atoms with Crippen LogP contribution in [0.15, 0.2) is 40.8 Å². The van der Waals surface area contributed by atoms with Gasteiger partial charge in [0.1, 0.15) is 16.9 Å². The molecule has 1 aromatic heterocycles. The molecule has 1 N–H and O–H groups in total. The molecule has 26 heavy (non-hydrogen) atoms. The normalized spacial score (nSPS) is 18.3. The predicted octanol–water partition coefficient (Wildman–Crippen LogP) is 3.25. The van der Waals surface area contributed by atoms with E-state index in [1.165, 1.54) is 0 Å². The first-order valence-corrected chi connectivity index (χ1v) is 8.77. The van der Waals surface area contributed by atoms with Gasteiger partial charge in [-0.25, -0.2) is 0 Å². The molecule has 0 spiro atoms. The lowest BCUT2D eigenvalue weighted by molar-refractivity contribution is -0.119. The molecule has 1 atom stereocenters. The lowest BCUT2D eigenvalue weighted by Gasteiger charge is -2.30. The highest BCUT2D eigenvalue weighted by Crippen LogP contribution is 2.36. The maximum Gasteiger partial charge on any atom is 0.238 e. The number of para-hydroxylation sites is 1. The minimum Gasteiger partial charge on any atom is -0.495 e. The molecule has 0 aliphatic carbocycles. The summed E-state index contributed by atoms with van der Waals surface area (Å²) in [5.74, 6) is 0.542. The summed E-state index contributed by atoms with van der Waals surface area (Å²) in [5, 5.41) is 4.95. The number of amides is 1. The largest absolute Gasteiger partial charge is 0.495 e. The van der Waals surface area contributed by atoms with Crippen LogP contribution in [0.25, 0.3) is 21.9 Å². The number of carbonyl (C=O) groups is 1. The summed E-state index contributed by atoms with van der Waals surface area (Å²) in [6.07, 6.45) is 0.151. The number of morpholine rings is 1. The maximum absolute atomic E-state index is 12.5. The lowest BCUT2D eigenvalue weighted by atomic mass is 10.1. The fourth-order valence-electron chi connectivity index (χ4n) is 3.45. The number of hydrogen-bond donors (Lipinski definition) is 1. The third-order valence-electron chi connectivity index (χ3n) is 4.67. The summed E-state index contributed by atoms with van der Waals surface area (Å²) in [6, 6.07) is 11.6. The van der Waals surface area contributed by atoms with E-state index in [0.29, 0.717) is 24.6 Å². The number of carbonyl (C=O) groups excluding carboxylic acids is 1. The molecule has 1 amide bonds. The van der Waals surface area contributed by atoms with E-state index >= 15 is 0 Å². The number of nitrogens with zero attached hydrogens (tertiary/aromatic N) is 1. The van der Waals surface area contributed by atoms with Crippen LogP contribution in [-0.4, -0.2) is 50.3 Å². The average molecular weight is 354 g/mol. The second-order valence-corrected chi connectivity index (χ2v) is 6.61. The topological polar surface area (TPSA) is 63.9 Å². The Balaban J connectivity index is 1.59. The highest BCUT2D eigenvalue weighted by atomic mass is 16.5. The van der Waals surface area contributed by atoms with E-state index in [1.54, 1.807) is 7.11 Å². The van der Waals surface area contributed by atoms with Crippen molar-refractivity contribution in [1.29, 1.82) is 0 Å². The standard InChI is InChI=1S/C20H22N2O4/c1-13-11-22(7-8-25-13)12-20(23)21-16-10-18-15(9-19(16)24-2)14-5-3-4-6-17(14)26-18/h3-6,9-10,13H,7-8,11-12H2,1-2H3,(H,21,23)/t13-/m0/s1. The molecule has 0 bridgehead atoms. The molecule has 4 rings (SSSR count). The van der Waals surface area contributed by atoms with Gasteiger partial charge >= 0.3 is 0 Å². The average Bonchev–Trinajstić information content (AvgIpc) is 2.98. The SMILES string of the molecule is COc1cc2c(cc1NC(=O)CN1CCO[C@@H](C)C1)oc1ccccc12. The molecule has 2 heterocycles. The van der Waals surface area contributed by atoms with Gasteiger partial charge in [0.05, 0.1) is 32.1 Å². The molecule has 0 unspecified atom stereocenters. The zero-order chi connectivity index (χ0) is 18.1. The van der Waals surface area contributed by atoms with Gasteiger partial charge < -0.3 is 19.2 Å². The first-order chi connectivity index (χ1) is 12.6. The molecule has 6 heteroatoms. The minimum absolute atomic E-state index is 0.0761. The Morgan fingerprint density at radius 2 is 2.12 bits per heavy atom. The van der Waals surface area contributed by atoms with Gasteiger partial charge in [0.2, 0.25) is 5.91 Å². The summed E-state index contributed by atoms with van der Waals surface area (Å²) in [4.78, 5) is 14.6. The van der Waals surface area contributed by atoms with Crippen molar-refractivity contribution in [3.8, 4) is 5.75 Å². The third kappa shape index (κ3) is 3.25.